The third-order valence-corrected chi connectivity index (χ3v) is 4.76. The van der Waals surface area contributed by atoms with Crippen LogP contribution in [0.15, 0.2) is 48.8 Å². The van der Waals surface area contributed by atoms with Gasteiger partial charge in [0.1, 0.15) is 11.6 Å². The van der Waals surface area contributed by atoms with Gasteiger partial charge in [0, 0.05) is 54.8 Å². The maximum atomic E-state index is 13.3. The van der Waals surface area contributed by atoms with Crippen LogP contribution >= 0.6 is 0 Å². The first-order chi connectivity index (χ1) is 13.6. The SMILES string of the molecule is O=C(N[C@@H]1CCCN(c2cc(-c3ccncc3)[nH]n2)C1)c1cc(F)cc(F)c1. The summed E-state index contributed by atoms with van der Waals surface area (Å²) < 4.78 is 26.7. The van der Waals surface area contributed by atoms with Gasteiger partial charge in [-0.1, -0.05) is 0 Å². The van der Waals surface area contributed by atoms with Crippen molar-refractivity contribution in [3.05, 3.63) is 66.0 Å². The van der Waals surface area contributed by atoms with Crippen molar-refractivity contribution in [3.8, 4) is 11.3 Å². The summed E-state index contributed by atoms with van der Waals surface area (Å²) in [5.41, 5.74) is 1.86. The van der Waals surface area contributed by atoms with Crippen LogP contribution in [0.1, 0.15) is 23.2 Å². The largest absolute Gasteiger partial charge is 0.353 e. The lowest BCUT2D eigenvalue weighted by Gasteiger charge is -2.33. The molecule has 1 saturated heterocycles. The minimum Gasteiger partial charge on any atom is -0.353 e. The fourth-order valence-corrected chi connectivity index (χ4v) is 3.41. The topological polar surface area (TPSA) is 73.9 Å². The number of benzene rings is 1. The number of amides is 1. The predicted octanol–water partition coefficient (Wildman–Crippen LogP) is 3.15. The summed E-state index contributed by atoms with van der Waals surface area (Å²) >= 11 is 0. The van der Waals surface area contributed by atoms with Gasteiger partial charge in [-0.15, -0.1) is 0 Å². The molecule has 0 bridgehead atoms. The van der Waals surface area contributed by atoms with E-state index >= 15 is 0 Å². The Morgan fingerprint density at radius 2 is 1.89 bits per heavy atom. The van der Waals surface area contributed by atoms with Crippen LogP contribution in [0.5, 0.6) is 0 Å². The second kappa shape index (κ2) is 7.75. The van der Waals surface area contributed by atoms with E-state index in [1.54, 1.807) is 12.4 Å². The molecule has 4 rings (SSSR count). The first-order valence-corrected chi connectivity index (χ1v) is 9.06. The Morgan fingerprint density at radius 3 is 2.64 bits per heavy atom. The Labute approximate surface area is 160 Å². The second-order valence-electron chi connectivity index (χ2n) is 6.79. The van der Waals surface area contributed by atoms with Crippen molar-refractivity contribution < 1.29 is 13.6 Å². The van der Waals surface area contributed by atoms with Crippen LogP contribution in [0, 0.1) is 11.6 Å². The molecular weight excluding hydrogens is 364 g/mol. The first-order valence-electron chi connectivity index (χ1n) is 9.06. The Kier molecular flexibility index (Phi) is 5.01. The number of nitrogens with one attached hydrogen (secondary N) is 2. The molecule has 2 aromatic heterocycles. The van der Waals surface area contributed by atoms with Crippen molar-refractivity contribution in [3.63, 3.8) is 0 Å². The maximum absolute atomic E-state index is 13.3. The Morgan fingerprint density at radius 1 is 1.14 bits per heavy atom. The fourth-order valence-electron chi connectivity index (χ4n) is 3.41. The van der Waals surface area contributed by atoms with Gasteiger partial charge in [0.2, 0.25) is 0 Å². The van der Waals surface area contributed by atoms with Gasteiger partial charge in [-0.05, 0) is 37.1 Å². The number of piperidine rings is 1. The number of halogens is 2. The van der Waals surface area contributed by atoms with E-state index in [0.29, 0.717) is 6.54 Å². The number of aromatic amines is 1. The van der Waals surface area contributed by atoms with Crippen molar-refractivity contribution in [2.24, 2.45) is 0 Å². The zero-order valence-corrected chi connectivity index (χ0v) is 15.0. The van der Waals surface area contributed by atoms with Crippen LogP contribution in [0.3, 0.4) is 0 Å². The molecule has 0 radical (unpaired) electrons. The van der Waals surface area contributed by atoms with Crippen molar-refractivity contribution in [1.29, 1.82) is 0 Å². The molecule has 6 nitrogen and oxygen atoms in total. The molecule has 1 amide bonds. The summed E-state index contributed by atoms with van der Waals surface area (Å²) in [4.78, 5) is 18.5. The van der Waals surface area contributed by atoms with Crippen molar-refractivity contribution in [2.75, 3.05) is 18.0 Å². The molecule has 3 aromatic rings. The van der Waals surface area contributed by atoms with E-state index in [0.717, 1.165) is 54.7 Å². The van der Waals surface area contributed by atoms with Crippen LogP contribution in [0.2, 0.25) is 0 Å². The second-order valence-corrected chi connectivity index (χ2v) is 6.79. The van der Waals surface area contributed by atoms with E-state index in [4.69, 9.17) is 0 Å². The summed E-state index contributed by atoms with van der Waals surface area (Å²) in [7, 11) is 0. The molecule has 8 heteroatoms. The number of hydrogen-bond acceptors (Lipinski definition) is 4. The van der Waals surface area contributed by atoms with E-state index in [1.807, 2.05) is 18.2 Å². The van der Waals surface area contributed by atoms with Gasteiger partial charge < -0.3 is 10.2 Å². The smallest absolute Gasteiger partial charge is 0.251 e. The number of carbonyl (C=O) groups is 1. The number of rotatable bonds is 4. The van der Waals surface area contributed by atoms with Crippen LogP contribution in [-0.2, 0) is 0 Å². The monoisotopic (exact) mass is 383 g/mol. The van der Waals surface area contributed by atoms with Crippen molar-refractivity contribution in [1.82, 2.24) is 20.5 Å². The normalized spacial score (nSPS) is 16.8. The third-order valence-electron chi connectivity index (χ3n) is 4.76. The Hall–Kier alpha value is -3.29. The zero-order valence-electron chi connectivity index (χ0n) is 15.0. The fraction of sp³-hybridized carbons (Fsp3) is 0.250. The minimum absolute atomic E-state index is 0.0191. The number of anilines is 1. The molecule has 3 heterocycles. The lowest BCUT2D eigenvalue weighted by molar-refractivity contribution is 0.0932. The van der Waals surface area contributed by atoms with E-state index < -0.39 is 17.5 Å². The summed E-state index contributed by atoms with van der Waals surface area (Å²) in [6.07, 6.45) is 5.11. The van der Waals surface area contributed by atoms with E-state index in [1.165, 1.54) is 0 Å². The Balaban J connectivity index is 1.43. The van der Waals surface area contributed by atoms with Crippen molar-refractivity contribution >= 4 is 11.7 Å². The van der Waals surface area contributed by atoms with Crippen LogP contribution < -0.4 is 10.2 Å². The molecule has 1 aliphatic heterocycles. The summed E-state index contributed by atoms with van der Waals surface area (Å²) in [6, 6.07) is 8.44. The quantitative estimate of drug-likeness (QED) is 0.726. The van der Waals surface area contributed by atoms with Gasteiger partial charge >= 0.3 is 0 Å². The molecule has 0 saturated carbocycles. The molecular formula is C20H19F2N5O. The number of carbonyl (C=O) groups excluding carboxylic acids is 1. The van der Waals surface area contributed by atoms with Gasteiger partial charge in [0.05, 0.1) is 5.69 Å². The van der Waals surface area contributed by atoms with Crippen molar-refractivity contribution in [2.45, 2.75) is 18.9 Å². The third kappa shape index (κ3) is 4.00. The molecule has 0 spiro atoms. The minimum atomic E-state index is -0.768. The molecule has 0 aliphatic carbocycles. The van der Waals surface area contributed by atoms with Crippen LogP contribution in [0.4, 0.5) is 14.6 Å². The summed E-state index contributed by atoms with van der Waals surface area (Å²) in [6.45, 7) is 1.39. The van der Waals surface area contributed by atoms with E-state index in [9.17, 15) is 13.6 Å². The average molecular weight is 383 g/mol. The molecule has 1 fully saturated rings. The first kappa shape index (κ1) is 18.1. The van der Waals surface area contributed by atoms with Gasteiger partial charge in [0.25, 0.3) is 5.91 Å². The number of pyridine rings is 1. The molecule has 28 heavy (non-hydrogen) atoms. The average Bonchev–Trinajstić information content (AvgIpc) is 3.18. The Bertz CT molecular complexity index is 955. The molecule has 1 aliphatic rings. The van der Waals surface area contributed by atoms with Crippen LogP contribution in [-0.4, -0.2) is 40.2 Å². The maximum Gasteiger partial charge on any atom is 0.251 e. The molecule has 1 atom stereocenters. The number of aromatic nitrogens is 3. The standard InChI is InChI=1S/C20H19F2N5O/c21-15-8-14(9-16(22)10-15)20(28)24-17-2-1-7-27(12-17)19-11-18(25-26-19)13-3-5-23-6-4-13/h3-6,8-11,17H,1-2,7,12H2,(H,24,28)(H,25,26)/t17-/m1/s1. The van der Waals surface area contributed by atoms with E-state index in [2.05, 4.69) is 25.4 Å². The van der Waals surface area contributed by atoms with Gasteiger partial charge in [-0.3, -0.25) is 14.9 Å². The highest BCUT2D eigenvalue weighted by atomic mass is 19.1. The highest BCUT2D eigenvalue weighted by molar-refractivity contribution is 5.94. The van der Waals surface area contributed by atoms with E-state index in [-0.39, 0.29) is 11.6 Å². The van der Waals surface area contributed by atoms with Crippen LogP contribution in [0.25, 0.3) is 11.3 Å². The number of nitrogens with zero attached hydrogens (tertiary/aromatic N) is 3. The number of hydrogen-bond donors (Lipinski definition) is 2. The molecule has 1 aromatic carbocycles. The predicted molar refractivity (Wildman–Crippen MR) is 101 cm³/mol. The zero-order chi connectivity index (χ0) is 19.5. The highest BCUT2D eigenvalue weighted by Crippen LogP contribution is 2.24. The molecule has 2 N–H and O–H groups in total. The lowest BCUT2D eigenvalue weighted by atomic mass is 10.0. The lowest BCUT2D eigenvalue weighted by Crippen LogP contribution is -2.48. The van der Waals surface area contributed by atoms with Gasteiger partial charge in [-0.2, -0.15) is 5.10 Å². The summed E-state index contributed by atoms with van der Waals surface area (Å²) in [5.74, 6) is -1.22. The summed E-state index contributed by atoms with van der Waals surface area (Å²) in [5, 5.41) is 10.3. The van der Waals surface area contributed by atoms with Gasteiger partial charge in [-0.25, -0.2) is 8.78 Å². The van der Waals surface area contributed by atoms with Gasteiger partial charge in [0.15, 0.2) is 5.82 Å². The number of H-pyrrole nitrogens is 1. The molecule has 0 unspecified atom stereocenters. The highest BCUT2D eigenvalue weighted by Gasteiger charge is 2.24. The molecule has 144 valence electrons.